The SMILES string of the molecule is CC(C)NCc1cccc(Cl)c1N1CCCC(C)(O)CC1. The first-order valence-electron chi connectivity index (χ1n) is 7.87. The van der Waals surface area contributed by atoms with E-state index in [-0.39, 0.29) is 0 Å². The zero-order valence-corrected chi connectivity index (χ0v) is 14.1. The van der Waals surface area contributed by atoms with Crippen LogP contribution in [-0.4, -0.2) is 29.8 Å². The molecule has 0 spiro atoms. The standard InChI is InChI=1S/C17H27ClN2O/c1-13(2)19-12-14-6-4-7-15(18)16(14)20-10-5-8-17(3,21)9-11-20/h4,6-7,13,19,21H,5,8-12H2,1-3H3. The molecule has 1 aliphatic heterocycles. The molecule has 0 amide bonds. The summed E-state index contributed by atoms with van der Waals surface area (Å²) in [4.78, 5) is 2.33. The monoisotopic (exact) mass is 310 g/mol. The maximum absolute atomic E-state index is 10.3. The van der Waals surface area contributed by atoms with Gasteiger partial charge in [0.15, 0.2) is 0 Å². The Morgan fingerprint density at radius 1 is 1.33 bits per heavy atom. The quantitative estimate of drug-likeness (QED) is 0.892. The summed E-state index contributed by atoms with van der Waals surface area (Å²) < 4.78 is 0. The van der Waals surface area contributed by atoms with Gasteiger partial charge in [-0.05, 0) is 37.8 Å². The van der Waals surface area contributed by atoms with Gasteiger partial charge in [0.25, 0.3) is 0 Å². The molecule has 2 N–H and O–H groups in total. The number of rotatable bonds is 4. The fourth-order valence-corrected chi connectivity index (χ4v) is 3.17. The molecule has 0 aliphatic carbocycles. The van der Waals surface area contributed by atoms with E-state index in [0.717, 1.165) is 49.6 Å². The van der Waals surface area contributed by atoms with Crippen molar-refractivity contribution < 1.29 is 5.11 Å². The number of para-hydroxylation sites is 1. The van der Waals surface area contributed by atoms with Gasteiger partial charge < -0.3 is 15.3 Å². The highest BCUT2D eigenvalue weighted by Gasteiger charge is 2.26. The van der Waals surface area contributed by atoms with Gasteiger partial charge in [-0.25, -0.2) is 0 Å². The lowest BCUT2D eigenvalue weighted by atomic mass is 9.98. The van der Waals surface area contributed by atoms with Crippen LogP contribution >= 0.6 is 11.6 Å². The molecule has 1 unspecified atom stereocenters. The number of hydrogen-bond acceptors (Lipinski definition) is 3. The van der Waals surface area contributed by atoms with E-state index >= 15 is 0 Å². The van der Waals surface area contributed by atoms with Gasteiger partial charge in [0, 0.05) is 25.7 Å². The molecule has 2 rings (SSSR count). The molecule has 1 aromatic rings. The molecule has 1 aromatic carbocycles. The number of benzene rings is 1. The van der Waals surface area contributed by atoms with Crippen LogP contribution in [0.1, 0.15) is 45.6 Å². The zero-order chi connectivity index (χ0) is 15.5. The molecule has 1 atom stereocenters. The number of nitrogens with one attached hydrogen (secondary N) is 1. The molecule has 1 heterocycles. The molecule has 1 fully saturated rings. The number of nitrogens with zero attached hydrogens (tertiary/aromatic N) is 1. The number of anilines is 1. The lowest BCUT2D eigenvalue weighted by Crippen LogP contribution is -2.30. The number of hydrogen-bond donors (Lipinski definition) is 2. The van der Waals surface area contributed by atoms with Gasteiger partial charge in [0.05, 0.1) is 16.3 Å². The second-order valence-electron chi connectivity index (χ2n) is 6.62. The molecule has 1 aliphatic rings. The van der Waals surface area contributed by atoms with Crippen LogP contribution in [0.25, 0.3) is 0 Å². The third kappa shape index (κ3) is 4.60. The summed E-state index contributed by atoms with van der Waals surface area (Å²) in [6, 6.07) is 6.55. The molecule has 0 radical (unpaired) electrons. The smallest absolute Gasteiger partial charge is 0.0642 e. The fraction of sp³-hybridized carbons (Fsp3) is 0.647. The topological polar surface area (TPSA) is 35.5 Å². The Morgan fingerprint density at radius 3 is 2.81 bits per heavy atom. The molecule has 0 aromatic heterocycles. The fourth-order valence-electron chi connectivity index (χ4n) is 2.86. The summed E-state index contributed by atoms with van der Waals surface area (Å²) in [6.45, 7) is 8.85. The van der Waals surface area contributed by atoms with Crippen LogP contribution in [0.15, 0.2) is 18.2 Å². The summed E-state index contributed by atoms with van der Waals surface area (Å²) in [5, 5.41) is 14.5. The minimum Gasteiger partial charge on any atom is -0.390 e. The van der Waals surface area contributed by atoms with Gasteiger partial charge in [-0.1, -0.05) is 37.6 Å². The minimum atomic E-state index is -0.549. The van der Waals surface area contributed by atoms with Crippen molar-refractivity contribution in [1.82, 2.24) is 5.32 Å². The molecule has 21 heavy (non-hydrogen) atoms. The average molecular weight is 311 g/mol. The highest BCUT2D eigenvalue weighted by atomic mass is 35.5. The Morgan fingerprint density at radius 2 is 2.10 bits per heavy atom. The van der Waals surface area contributed by atoms with Gasteiger partial charge in [0.1, 0.15) is 0 Å². The summed E-state index contributed by atoms with van der Waals surface area (Å²) in [6.07, 6.45) is 2.64. The Balaban J connectivity index is 2.21. The lowest BCUT2D eigenvalue weighted by Gasteiger charge is -2.28. The van der Waals surface area contributed by atoms with Crippen molar-refractivity contribution in [2.24, 2.45) is 0 Å². The lowest BCUT2D eigenvalue weighted by molar-refractivity contribution is 0.0481. The molecular formula is C17H27ClN2O. The zero-order valence-electron chi connectivity index (χ0n) is 13.3. The van der Waals surface area contributed by atoms with E-state index in [1.807, 2.05) is 19.1 Å². The molecule has 0 saturated carbocycles. The number of aliphatic hydroxyl groups is 1. The third-order valence-corrected chi connectivity index (χ3v) is 4.46. The van der Waals surface area contributed by atoms with E-state index in [1.165, 1.54) is 5.56 Å². The van der Waals surface area contributed by atoms with E-state index in [1.54, 1.807) is 0 Å². The van der Waals surface area contributed by atoms with Crippen molar-refractivity contribution in [3.63, 3.8) is 0 Å². The van der Waals surface area contributed by atoms with Crippen molar-refractivity contribution >= 4 is 17.3 Å². The van der Waals surface area contributed by atoms with Crippen molar-refractivity contribution in [3.8, 4) is 0 Å². The summed E-state index contributed by atoms with van der Waals surface area (Å²) >= 11 is 6.47. The van der Waals surface area contributed by atoms with Crippen LogP contribution in [0, 0.1) is 0 Å². The second-order valence-corrected chi connectivity index (χ2v) is 7.03. The minimum absolute atomic E-state index is 0.446. The first-order chi connectivity index (χ1) is 9.89. The molecule has 0 bridgehead atoms. The Labute approximate surface area is 133 Å². The van der Waals surface area contributed by atoms with Crippen molar-refractivity contribution in [1.29, 1.82) is 0 Å². The van der Waals surface area contributed by atoms with Gasteiger partial charge in [-0.15, -0.1) is 0 Å². The maximum Gasteiger partial charge on any atom is 0.0642 e. The van der Waals surface area contributed by atoms with Crippen LogP contribution < -0.4 is 10.2 Å². The normalized spacial score (nSPS) is 23.4. The van der Waals surface area contributed by atoms with Gasteiger partial charge in [-0.2, -0.15) is 0 Å². The Hall–Kier alpha value is -0.770. The first kappa shape index (κ1) is 16.6. The maximum atomic E-state index is 10.3. The molecular weight excluding hydrogens is 284 g/mol. The summed E-state index contributed by atoms with van der Waals surface area (Å²) in [5.41, 5.74) is 1.81. The second kappa shape index (κ2) is 6.99. The predicted molar refractivity (Wildman–Crippen MR) is 90.1 cm³/mol. The third-order valence-electron chi connectivity index (χ3n) is 4.15. The van der Waals surface area contributed by atoms with Crippen LogP contribution in [-0.2, 0) is 6.54 Å². The highest BCUT2D eigenvalue weighted by molar-refractivity contribution is 6.33. The van der Waals surface area contributed by atoms with Crippen LogP contribution in [0.5, 0.6) is 0 Å². The van der Waals surface area contributed by atoms with E-state index in [4.69, 9.17) is 11.6 Å². The van der Waals surface area contributed by atoms with Crippen molar-refractivity contribution in [3.05, 3.63) is 28.8 Å². The van der Waals surface area contributed by atoms with Crippen LogP contribution in [0.4, 0.5) is 5.69 Å². The highest BCUT2D eigenvalue weighted by Crippen LogP contribution is 2.33. The largest absolute Gasteiger partial charge is 0.390 e. The van der Waals surface area contributed by atoms with E-state index < -0.39 is 5.60 Å². The van der Waals surface area contributed by atoms with Gasteiger partial charge in [-0.3, -0.25) is 0 Å². The molecule has 1 saturated heterocycles. The Kier molecular flexibility index (Phi) is 5.53. The van der Waals surface area contributed by atoms with Gasteiger partial charge in [0.2, 0.25) is 0 Å². The molecule has 4 heteroatoms. The average Bonchev–Trinajstić information content (AvgIpc) is 2.57. The van der Waals surface area contributed by atoms with Crippen LogP contribution in [0.2, 0.25) is 5.02 Å². The first-order valence-corrected chi connectivity index (χ1v) is 8.25. The Bertz CT molecular complexity index is 474. The molecule has 118 valence electrons. The van der Waals surface area contributed by atoms with E-state index in [2.05, 4.69) is 30.1 Å². The summed E-state index contributed by atoms with van der Waals surface area (Å²) in [5.74, 6) is 0. The van der Waals surface area contributed by atoms with Crippen molar-refractivity contribution in [2.75, 3.05) is 18.0 Å². The predicted octanol–water partition coefficient (Wildman–Crippen LogP) is 3.58. The van der Waals surface area contributed by atoms with Crippen molar-refractivity contribution in [2.45, 2.75) is 58.2 Å². The van der Waals surface area contributed by atoms with E-state index in [9.17, 15) is 5.11 Å². The van der Waals surface area contributed by atoms with Gasteiger partial charge >= 0.3 is 0 Å². The van der Waals surface area contributed by atoms with E-state index in [0.29, 0.717) is 6.04 Å². The van der Waals surface area contributed by atoms with Crippen LogP contribution in [0.3, 0.4) is 0 Å². The summed E-state index contributed by atoms with van der Waals surface area (Å²) in [7, 11) is 0. The number of halogens is 1. The molecule has 3 nitrogen and oxygen atoms in total.